The number of anilines is 1. The zero-order valence-electron chi connectivity index (χ0n) is 20.5. The third-order valence-corrected chi connectivity index (χ3v) is 8.78. The SMILES string of the molecule is Cc1cccc2c1NC(C(=O)N[C@H]1CC3CC[C@H](C1)N(C(=O)CCN)C3)(C1CC=CCCC1)C2. The Bertz CT molecular complexity index is 960. The highest BCUT2D eigenvalue weighted by molar-refractivity contribution is 5.93. The van der Waals surface area contributed by atoms with Crippen LogP contribution in [0.1, 0.15) is 68.9 Å². The van der Waals surface area contributed by atoms with E-state index in [0.29, 0.717) is 18.9 Å². The number of hydrogen-bond donors (Lipinski definition) is 3. The van der Waals surface area contributed by atoms with Crippen LogP contribution in [0.4, 0.5) is 5.69 Å². The Balaban J connectivity index is 1.37. The summed E-state index contributed by atoms with van der Waals surface area (Å²) in [6, 6.07) is 6.74. The minimum atomic E-state index is -0.608. The molecule has 4 N–H and O–H groups in total. The number of para-hydroxylation sites is 1. The summed E-state index contributed by atoms with van der Waals surface area (Å²) in [4.78, 5) is 28.9. The molecule has 2 amide bonds. The maximum Gasteiger partial charge on any atom is 0.246 e. The van der Waals surface area contributed by atoms with E-state index in [-0.39, 0.29) is 29.8 Å². The molecule has 0 spiro atoms. The van der Waals surface area contributed by atoms with Crippen LogP contribution in [0.2, 0.25) is 0 Å². The molecule has 6 nitrogen and oxygen atoms in total. The predicted molar refractivity (Wildman–Crippen MR) is 135 cm³/mol. The van der Waals surface area contributed by atoms with Crippen molar-refractivity contribution in [2.75, 3.05) is 18.4 Å². The average molecular weight is 465 g/mol. The van der Waals surface area contributed by atoms with E-state index in [4.69, 9.17) is 5.73 Å². The molecule has 6 heteroatoms. The zero-order chi connectivity index (χ0) is 23.7. The second-order valence-corrected chi connectivity index (χ2v) is 11.0. The number of rotatable bonds is 5. The molecule has 5 aliphatic rings. The van der Waals surface area contributed by atoms with E-state index in [2.05, 4.69) is 52.8 Å². The maximum atomic E-state index is 14.2. The molecule has 3 aliphatic heterocycles. The second kappa shape index (κ2) is 9.73. The topological polar surface area (TPSA) is 87.5 Å². The fourth-order valence-corrected chi connectivity index (χ4v) is 6.99. The number of fused-ring (bicyclic) bond motifs is 5. The molecule has 3 unspecified atom stereocenters. The van der Waals surface area contributed by atoms with Gasteiger partial charge in [0, 0.05) is 43.7 Å². The number of aryl methyl sites for hydroxylation is 1. The molecule has 184 valence electrons. The van der Waals surface area contributed by atoms with Crippen LogP contribution in [0.25, 0.3) is 0 Å². The first-order chi connectivity index (χ1) is 16.5. The Morgan fingerprint density at radius 2 is 2.09 bits per heavy atom. The summed E-state index contributed by atoms with van der Waals surface area (Å²) in [7, 11) is 0. The third-order valence-electron chi connectivity index (χ3n) is 8.78. The van der Waals surface area contributed by atoms with E-state index >= 15 is 0 Å². The van der Waals surface area contributed by atoms with Gasteiger partial charge in [0.25, 0.3) is 0 Å². The second-order valence-electron chi connectivity index (χ2n) is 11.0. The van der Waals surface area contributed by atoms with Crippen molar-refractivity contribution in [3.05, 3.63) is 41.5 Å². The van der Waals surface area contributed by atoms with Crippen LogP contribution in [-0.4, -0.2) is 47.4 Å². The molecular formula is C28H40N4O2. The quantitative estimate of drug-likeness (QED) is 0.580. The lowest BCUT2D eigenvalue weighted by Crippen LogP contribution is -2.58. The van der Waals surface area contributed by atoms with Crippen molar-refractivity contribution in [3.8, 4) is 0 Å². The van der Waals surface area contributed by atoms with Crippen LogP contribution in [-0.2, 0) is 16.0 Å². The predicted octanol–water partition coefficient (Wildman–Crippen LogP) is 3.68. The van der Waals surface area contributed by atoms with Gasteiger partial charge in [0.15, 0.2) is 0 Å². The number of carbonyl (C=O) groups excluding carboxylic acids is 2. The van der Waals surface area contributed by atoms with E-state index < -0.39 is 5.54 Å². The van der Waals surface area contributed by atoms with Crippen LogP contribution in [0.5, 0.6) is 0 Å². The van der Waals surface area contributed by atoms with Crippen molar-refractivity contribution in [2.45, 2.75) is 88.8 Å². The van der Waals surface area contributed by atoms with Gasteiger partial charge in [-0.05, 0) is 81.3 Å². The fraction of sp³-hybridized carbons (Fsp3) is 0.643. The minimum absolute atomic E-state index is 0.116. The largest absolute Gasteiger partial charge is 0.370 e. The van der Waals surface area contributed by atoms with Crippen molar-refractivity contribution in [2.24, 2.45) is 17.6 Å². The first-order valence-corrected chi connectivity index (χ1v) is 13.3. The van der Waals surface area contributed by atoms with Crippen LogP contribution in [0.3, 0.4) is 0 Å². The van der Waals surface area contributed by atoms with Gasteiger partial charge in [-0.2, -0.15) is 0 Å². The number of hydrogen-bond acceptors (Lipinski definition) is 4. The van der Waals surface area contributed by atoms with E-state index in [1.807, 2.05) is 0 Å². The molecule has 0 radical (unpaired) electrons. The van der Waals surface area contributed by atoms with Crippen LogP contribution in [0.15, 0.2) is 30.4 Å². The number of allylic oxidation sites excluding steroid dienone is 2. The summed E-state index contributed by atoms with van der Waals surface area (Å²) in [5, 5.41) is 7.29. The standard InChI is InChI=1S/C28H40N4O2/c1-19-7-6-8-21-17-28(31-26(19)21,22-9-4-2-3-5-10-22)27(34)30-23-15-20-11-12-24(16-23)32(18-20)25(33)13-14-29/h2,4,6-8,20,22-24,31H,3,5,9-18,29H2,1H3,(H,30,34)/t20?,22?,23-,24+,28?/m0/s1. The van der Waals surface area contributed by atoms with Gasteiger partial charge in [-0.3, -0.25) is 9.59 Å². The normalized spacial score (nSPS) is 32.5. The molecule has 1 aromatic rings. The van der Waals surface area contributed by atoms with Gasteiger partial charge in [-0.25, -0.2) is 0 Å². The molecule has 5 atom stereocenters. The van der Waals surface area contributed by atoms with Gasteiger partial charge in [-0.1, -0.05) is 30.4 Å². The lowest BCUT2D eigenvalue weighted by Gasteiger charge is -2.38. The minimum Gasteiger partial charge on any atom is -0.370 e. The number of nitrogens with two attached hydrogens (primary N) is 1. The number of amides is 2. The van der Waals surface area contributed by atoms with Gasteiger partial charge in [0.2, 0.25) is 11.8 Å². The highest BCUT2D eigenvalue weighted by Crippen LogP contribution is 2.43. The molecule has 3 fully saturated rings. The van der Waals surface area contributed by atoms with Crippen molar-refractivity contribution >= 4 is 17.5 Å². The lowest BCUT2D eigenvalue weighted by molar-refractivity contribution is -0.135. The molecule has 0 aromatic heterocycles. The number of benzene rings is 1. The number of nitrogens with zero attached hydrogens (tertiary/aromatic N) is 1. The number of piperidine rings is 1. The molecule has 2 aliphatic carbocycles. The van der Waals surface area contributed by atoms with E-state index in [1.165, 1.54) is 11.1 Å². The van der Waals surface area contributed by atoms with Crippen molar-refractivity contribution in [1.82, 2.24) is 10.2 Å². The summed E-state index contributed by atoms with van der Waals surface area (Å²) in [5.74, 6) is 1.05. The fourth-order valence-electron chi connectivity index (χ4n) is 6.99. The van der Waals surface area contributed by atoms with Gasteiger partial charge < -0.3 is 21.3 Å². The zero-order valence-corrected chi connectivity index (χ0v) is 20.5. The molecule has 1 aromatic carbocycles. The van der Waals surface area contributed by atoms with Crippen molar-refractivity contribution in [1.29, 1.82) is 0 Å². The molecule has 3 heterocycles. The maximum absolute atomic E-state index is 14.2. The monoisotopic (exact) mass is 464 g/mol. The molecule has 2 saturated heterocycles. The molecule has 6 rings (SSSR count). The van der Waals surface area contributed by atoms with E-state index in [1.54, 1.807) is 0 Å². The number of nitrogens with one attached hydrogen (secondary N) is 2. The lowest BCUT2D eigenvalue weighted by atomic mass is 9.76. The first kappa shape index (κ1) is 23.4. The Morgan fingerprint density at radius 3 is 2.91 bits per heavy atom. The van der Waals surface area contributed by atoms with E-state index in [0.717, 1.165) is 70.0 Å². The number of carbonyl (C=O) groups is 2. The Kier molecular flexibility index (Phi) is 6.70. The molecule has 1 saturated carbocycles. The van der Waals surface area contributed by atoms with Crippen LogP contribution >= 0.6 is 0 Å². The van der Waals surface area contributed by atoms with Gasteiger partial charge >= 0.3 is 0 Å². The third kappa shape index (κ3) is 4.37. The molecule has 2 bridgehead atoms. The summed E-state index contributed by atoms with van der Waals surface area (Å²) < 4.78 is 0. The summed E-state index contributed by atoms with van der Waals surface area (Å²) in [5.41, 5.74) is 8.66. The van der Waals surface area contributed by atoms with Gasteiger partial charge in [0.05, 0.1) is 0 Å². The van der Waals surface area contributed by atoms with E-state index in [9.17, 15) is 9.59 Å². The average Bonchev–Trinajstić information content (AvgIpc) is 3.00. The van der Waals surface area contributed by atoms with Gasteiger partial charge in [0.1, 0.15) is 5.54 Å². The Labute approximate surface area is 203 Å². The highest BCUT2D eigenvalue weighted by Gasteiger charge is 2.50. The molecule has 34 heavy (non-hydrogen) atoms. The smallest absolute Gasteiger partial charge is 0.246 e. The summed E-state index contributed by atoms with van der Waals surface area (Å²) in [6.07, 6.45) is 13.9. The summed E-state index contributed by atoms with van der Waals surface area (Å²) in [6.45, 7) is 3.34. The highest BCUT2D eigenvalue weighted by atomic mass is 16.2. The van der Waals surface area contributed by atoms with Crippen molar-refractivity contribution in [3.63, 3.8) is 0 Å². The first-order valence-electron chi connectivity index (χ1n) is 13.3. The summed E-state index contributed by atoms with van der Waals surface area (Å²) >= 11 is 0. The van der Waals surface area contributed by atoms with Crippen molar-refractivity contribution < 1.29 is 9.59 Å². The Hall–Kier alpha value is -2.34. The Morgan fingerprint density at radius 1 is 1.21 bits per heavy atom. The van der Waals surface area contributed by atoms with Crippen LogP contribution < -0.4 is 16.4 Å². The molecular weight excluding hydrogens is 424 g/mol. The van der Waals surface area contributed by atoms with Gasteiger partial charge in [-0.15, -0.1) is 0 Å². The van der Waals surface area contributed by atoms with Crippen LogP contribution in [0, 0.1) is 18.8 Å².